The first-order valence-electron chi connectivity index (χ1n) is 11.1. The van der Waals surface area contributed by atoms with Gasteiger partial charge in [0.25, 0.3) is 11.5 Å². The zero-order chi connectivity index (χ0) is 22.4. The molecule has 0 saturated carbocycles. The fraction of sp³-hybridized carbons (Fsp3) is 0.435. The van der Waals surface area contributed by atoms with E-state index >= 15 is 0 Å². The van der Waals surface area contributed by atoms with Crippen LogP contribution in [0.2, 0.25) is 5.02 Å². The summed E-state index contributed by atoms with van der Waals surface area (Å²) in [7, 11) is 0. The van der Waals surface area contributed by atoms with Crippen molar-refractivity contribution in [3.8, 4) is 0 Å². The van der Waals surface area contributed by atoms with Crippen LogP contribution >= 0.6 is 24.0 Å². The molecule has 1 amide bonds. The number of fused-ring (bicyclic) bond motifs is 2. The Morgan fingerprint density at radius 3 is 2.70 bits per heavy atom. The predicted octanol–water partition coefficient (Wildman–Crippen LogP) is 2.51. The molecule has 2 aliphatic rings. The summed E-state index contributed by atoms with van der Waals surface area (Å²) in [5.41, 5.74) is 5.02. The Balaban J connectivity index is 0.00000259. The minimum atomic E-state index is -0.132. The average molecular weight is 491 g/mol. The minimum Gasteiger partial charge on any atom is -0.368 e. The molecule has 176 valence electrons. The maximum Gasteiger partial charge on any atom is 0.279 e. The van der Waals surface area contributed by atoms with Gasteiger partial charge in [-0.2, -0.15) is 9.61 Å². The molecule has 3 aromatic rings. The summed E-state index contributed by atoms with van der Waals surface area (Å²) in [5.74, 6) is -0.0713. The van der Waals surface area contributed by atoms with Gasteiger partial charge in [0.2, 0.25) is 0 Å². The summed E-state index contributed by atoms with van der Waals surface area (Å²) in [5, 5.41) is 8.29. The molecule has 10 heteroatoms. The van der Waals surface area contributed by atoms with Crippen LogP contribution in [0.25, 0.3) is 5.65 Å². The van der Waals surface area contributed by atoms with Crippen molar-refractivity contribution in [2.24, 2.45) is 0 Å². The van der Waals surface area contributed by atoms with Crippen LogP contribution in [0, 0.1) is 6.92 Å². The summed E-state index contributed by atoms with van der Waals surface area (Å²) >= 11 is 6.20. The van der Waals surface area contributed by atoms with E-state index in [1.807, 2.05) is 30.0 Å². The molecule has 0 unspecified atom stereocenters. The Hall–Kier alpha value is -2.55. The number of carbonyl (C=O) groups is 1. The molecule has 2 aliphatic heterocycles. The number of aryl methyl sites for hydroxylation is 2. The smallest absolute Gasteiger partial charge is 0.279 e. The van der Waals surface area contributed by atoms with Crippen molar-refractivity contribution in [3.05, 3.63) is 62.2 Å². The quantitative estimate of drug-likeness (QED) is 0.610. The number of aromatic nitrogens is 3. The van der Waals surface area contributed by atoms with Crippen LogP contribution in [0.3, 0.4) is 0 Å². The second kappa shape index (κ2) is 9.37. The van der Waals surface area contributed by atoms with Gasteiger partial charge in [-0.1, -0.05) is 17.7 Å². The van der Waals surface area contributed by atoms with E-state index in [0.29, 0.717) is 42.4 Å². The van der Waals surface area contributed by atoms with E-state index in [1.165, 1.54) is 10.1 Å². The number of piperazine rings is 1. The predicted molar refractivity (Wildman–Crippen MR) is 132 cm³/mol. The molecule has 2 aromatic heterocycles. The number of rotatable bonds is 3. The normalized spacial score (nSPS) is 16.0. The summed E-state index contributed by atoms with van der Waals surface area (Å²) < 4.78 is 3.48. The molecule has 0 aliphatic carbocycles. The van der Waals surface area contributed by atoms with Crippen molar-refractivity contribution < 1.29 is 4.79 Å². The van der Waals surface area contributed by atoms with E-state index in [2.05, 4.69) is 26.8 Å². The van der Waals surface area contributed by atoms with Crippen LogP contribution in [0.15, 0.2) is 29.2 Å². The van der Waals surface area contributed by atoms with Crippen LogP contribution in [0.1, 0.15) is 34.1 Å². The molecule has 33 heavy (non-hydrogen) atoms. The molecular weight excluding hydrogens is 463 g/mol. The first-order valence-corrected chi connectivity index (χ1v) is 11.5. The Kier molecular flexibility index (Phi) is 6.70. The highest BCUT2D eigenvalue weighted by Gasteiger charge is 2.28. The molecule has 1 aromatic carbocycles. The number of halogens is 2. The monoisotopic (exact) mass is 490 g/mol. The van der Waals surface area contributed by atoms with Gasteiger partial charge in [0.15, 0.2) is 5.65 Å². The van der Waals surface area contributed by atoms with Crippen LogP contribution < -0.4 is 15.8 Å². The highest BCUT2D eigenvalue weighted by molar-refractivity contribution is 6.30. The molecule has 8 nitrogen and oxygen atoms in total. The SMILES string of the molecule is CCn1c2c(c(=O)n3ncc(C(=O)N4CCN(c5cc(Cl)ccc5C)CC4)c13)CNCC2.Cl. The Bertz CT molecular complexity index is 1260. The molecule has 0 spiro atoms. The van der Waals surface area contributed by atoms with Gasteiger partial charge in [0, 0.05) is 68.6 Å². The zero-order valence-electron chi connectivity index (χ0n) is 18.8. The number of anilines is 1. The maximum atomic E-state index is 13.5. The van der Waals surface area contributed by atoms with Gasteiger partial charge in [-0.25, -0.2) is 0 Å². The molecular formula is C23H28Cl2N6O2. The number of amides is 1. The largest absolute Gasteiger partial charge is 0.368 e. The number of hydrogen-bond donors (Lipinski definition) is 1. The number of nitrogens with one attached hydrogen (secondary N) is 1. The van der Waals surface area contributed by atoms with E-state index in [4.69, 9.17) is 11.6 Å². The van der Waals surface area contributed by atoms with E-state index in [-0.39, 0.29) is 23.9 Å². The summed E-state index contributed by atoms with van der Waals surface area (Å²) in [4.78, 5) is 30.6. The van der Waals surface area contributed by atoms with E-state index < -0.39 is 0 Å². The number of nitrogens with zero attached hydrogens (tertiary/aromatic N) is 5. The third-order valence-electron chi connectivity index (χ3n) is 6.59. The lowest BCUT2D eigenvalue weighted by atomic mass is 10.1. The molecule has 1 fully saturated rings. The standard InChI is InChI=1S/C23H27ClN6O2.ClH/c1-3-29-19-6-7-25-13-17(19)23(32)30-21(29)18(14-26-30)22(31)28-10-8-27(9-11-28)20-12-16(24)5-4-15(20)2;/h4-5,12,14,25H,3,6-11,13H2,1-2H3;1H. The van der Waals surface area contributed by atoms with Crippen LogP contribution in [0.5, 0.6) is 0 Å². The fourth-order valence-corrected chi connectivity index (χ4v) is 5.08. The van der Waals surface area contributed by atoms with Crippen molar-refractivity contribution in [2.75, 3.05) is 37.6 Å². The Morgan fingerprint density at radius 1 is 1.21 bits per heavy atom. The first-order chi connectivity index (χ1) is 15.5. The highest BCUT2D eigenvalue weighted by Crippen LogP contribution is 2.26. The maximum absolute atomic E-state index is 13.5. The Morgan fingerprint density at radius 2 is 1.97 bits per heavy atom. The molecule has 1 N–H and O–H groups in total. The van der Waals surface area contributed by atoms with Crippen LogP contribution in [-0.2, 0) is 19.5 Å². The molecule has 4 heterocycles. The van der Waals surface area contributed by atoms with Crippen LogP contribution in [-0.4, -0.2) is 57.7 Å². The molecule has 0 bridgehead atoms. The molecule has 0 atom stereocenters. The van der Waals surface area contributed by atoms with E-state index in [9.17, 15) is 9.59 Å². The number of carbonyl (C=O) groups excluding carboxylic acids is 1. The van der Waals surface area contributed by atoms with Crippen molar-refractivity contribution >= 4 is 41.2 Å². The average Bonchev–Trinajstić information content (AvgIpc) is 3.26. The number of benzene rings is 1. The molecule has 5 rings (SSSR count). The number of hydrogen-bond acceptors (Lipinski definition) is 5. The van der Waals surface area contributed by atoms with Crippen molar-refractivity contribution in [2.45, 2.75) is 33.4 Å². The van der Waals surface area contributed by atoms with Crippen molar-refractivity contribution in [3.63, 3.8) is 0 Å². The second-order valence-electron chi connectivity index (χ2n) is 8.41. The van der Waals surface area contributed by atoms with Crippen molar-refractivity contribution in [1.29, 1.82) is 0 Å². The lowest BCUT2D eigenvalue weighted by Gasteiger charge is -2.36. The van der Waals surface area contributed by atoms with Crippen molar-refractivity contribution in [1.82, 2.24) is 24.4 Å². The highest BCUT2D eigenvalue weighted by atomic mass is 35.5. The summed E-state index contributed by atoms with van der Waals surface area (Å²) in [6.07, 6.45) is 2.32. The third-order valence-corrected chi connectivity index (χ3v) is 6.83. The topological polar surface area (TPSA) is 74.9 Å². The first kappa shape index (κ1) is 23.6. The van der Waals surface area contributed by atoms with Gasteiger partial charge in [-0.3, -0.25) is 9.59 Å². The minimum absolute atomic E-state index is 0. The van der Waals surface area contributed by atoms with Gasteiger partial charge < -0.3 is 19.7 Å². The van der Waals surface area contributed by atoms with Gasteiger partial charge in [-0.05, 0) is 31.5 Å². The lowest BCUT2D eigenvalue weighted by molar-refractivity contribution is 0.0748. The van der Waals surface area contributed by atoms with E-state index in [1.54, 1.807) is 6.20 Å². The van der Waals surface area contributed by atoms with Gasteiger partial charge in [-0.15, -0.1) is 12.4 Å². The summed E-state index contributed by atoms with van der Waals surface area (Å²) in [6, 6.07) is 5.90. The Labute approximate surface area is 203 Å². The second-order valence-corrected chi connectivity index (χ2v) is 8.84. The molecule has 0 radical (unpaired) electrons. The van der Waals surface area contributed by atoms with E-state index in [0.717, 1.165) is 43.0 Å². The van der Waals surface area contributed by atoms with Crippen LogP contribution in [0.4, 0.5) is 5.69 Å². The fourth-order valence-electron chi connectivity index (χ4n) is 4.91. The third kappa shape index (κ3) is 4.00. The summed E-state index contributed by atoms with van der Waals surface area (Å²) in [6.45, 7) is 8.83. The lowest BCUT2D eigenvalue weighted by Crippen LogP contribution is -2.49. The van der Waals surface area contributed by atoms with Gasteiger partial charge in [0.05, 0.1) is 11.8 Å². The van der Waals surface area contributed by atoms with Gasteiger partial charge >= 0.3 is 0 Å². The molecule has 1 saturated heterocycles. The zero-order valence-corrected chi connectivity index (χ0v) is 20.4. The van der Waals surface area contributed by atoms with Gasteiger partial charge in [0.1, 0.15) is 5.56 Å².